The van der Waals surface area contributed by atoms with E-state index in [4.69, 9.17) is 0 Å². The predicted molar refractivity (Wildman–Crippen MR) is 119 cm³/mol. The highest BCUT2D eigenvalue weighted by atomic mass is 19.2. The van der Waals surface area contributed by atoms with Gasteiger partial charge < -0.3 is 10.2 Å². The second-order valence-corrected chi connectivity index (χ2v) is 9.66. The summed E-state index contributed by atoms with van der Waals surface area (Å²) in [5.41, 5.74) is 0.309. The van der Waals surface area contributed by atoms with E-state index >= 15 is 0 Å². The molecule has 2 aliphatic heterocycles. The Hall–Kier alpha value is -2.54. The Morgan fingerprint density at radius 3 is 2.78 bits per heavy atom. The Morgan fingerprint density at radius 2 is 2.03 bits per heavy atom. The highest BCUT2D eigenvalue weighted by Gasteiger charge is 2.53. The number of carbonyl (C=O) groups is 1. The van der Waals surface area contributed by atoms with Crippen molar-refractivity contribution in [1.82, 2.24) is 15.2 Å². The molecular formula is C25H30F2N4O. The number of hydrogen-bond donors (Lipinski definition) is 1. The van der Waals surface area contributed by atoms with Crippen molar-refractivity contribution >= 4 is 11.7 Å². The quantitative estimate of drug-likeness (QED) is 0.746. The molecule has 170 valence electrons. The number of rotatable bonds is 6. The summed E-state index contributed by atoms with van der Waals surface area (Å²) in [6, 6.07) is 10.0. The molecule has 0 spiro atoms. The molecule has 1 saturated carbocycles. The van der Waals surface area contributed by atoms with Crippen molar-refractivity contribution in [2.75, 3.05) is 37.6 Å². The number of nitrogens with zero attached hydrogens (tertiary/aromatic N) is 3. The van der Waals surface area contributed by atoms with Crippen LogP contribution in [0.15, 0.2) is 42.6 Å². The molecule has 0 bridgehead atoms. The normalized spacial score (nSPS) is 25.9. The molecule has 0 radical (unpaired) electrons. The zero-order valence-corrected chi connectivity index (χ0v) is 18.3. The van der Waals surface area contributed by atoms with Crippen molar-refractivity contribution in [1.29, 1.82) is 0 Å². The maximum atomic E-state index is 13.7. The number of nitrogens with one attached hydrogen (secondary N) is 1. The van der Waals surface area contributed by atoms with E-state index in [2.05, 4.69) is 20.1 Å². The average molecular weight is 441 g/mol. The van der Waals surface area contributed by atoms with Gasteiger partial charge in [0, 0.05) is 44.8 Å². The molecule has 1 N–H and O–H groups in total. The van der Waals surface area contributed by atoms with Crippen molar-refractivity contribution < 1.29 is 13.6 Å². The van der Waals surface area contributed by atoms with Gasteiger partial charge in [0.05, 0.1) is 5.41 Å². The van der Waals surface area contributed by atoms with Crippen LogP contribution in [-0.4, -0.2) is 48.5 Å². The van der Waals surface area contributed by atoms with Crippen LogP contribution in [0, 0.1) is 28.9 Å². The first-order valence-electron chi connectivity index (χ1n) is 11.6. The molecule has 1 aromatic heterocycles. The van der Waals surface area contributed by atoms with Gasteiger partial charge in [-0.3, -0.25) is 9.69 Å². The van der Waals surface area contributed by atoms with Crippen molar-refractivity contribution in [2.45, 2.75) is 32.2 Å². The van der Waals surface area contributed by atoms with E-state index in [1.165, 1.54) is 25.0 Å². The fourth-order valence-corrected chi connectivity index (χ4v) is 5.37. The Morgan fingerprint density at radius 1 is 1.16 bits per heavy atom. The Labute approximate surface area is 187 Å². The second kappa shape index (κ2) is 8.77. The molecule has 0 unspecified atom stereocenters. The predicted octanol–water partition coefficient (Wildman–Crippen LogP) is 3.60. The first kappa shape index (κ1) is 21.3. The van der Waals surface area contributed by atoms with Gasteiger partial charge in [0.2, 0.25) is 5.91 Å². The molecule has 1 aromatic carbocycles. The third-order valence-electron chi connectivity index (χ3n) is 7.33. The molecule has 2 aromatic rings. The molecule has 32 heavy (non-hydrogen) atoms. The van der Waals surface area contributed by atoms with E-state index in [1.54, 1.807) is 12.3 Å². The van der Waals surface area contributed by atoms with Crippen LogP contribution in [0.25, 0.3) is 0 Å². The number of likely N-dealkylation sites (tertiary alicyclic amines) is 1. The van der Waals surface area contributed by atoms with Crippen molar-refractivity contribution in [2.24, 2.45) is 17.3 Å². The van der Waals surface area contributed by atoms with Crippen LogP contribution in [0.5, 0.6) is 0 Å². The van der Waals surface area contributed by atoms with Crippen molar-refractivity contribution in [3.05, 3.63) is 59.8 Å². The van der Waals surface area contributed by atoms with Gasteiger partial charge in [0.1, 0.15) is 5.82 Å². The minimum Gasteiger partial charge on any atom is -0.355 e. The molecule has 7 heteroatoms. The molecule has 2 saturated heterocycles. The molecule has 5 nitrogen and oxygen atoms in total. The van der Waals surface area contributed by atoms with Crippen molar-refractivity contribution in [3.63, 3.8) is 0 Å². The molecule has 2 atom stereocenters. The number of benzene rings is 1. The number of amides is 1. The summed E-state index contributed by atoms with van der Waals surface area (Å²) < 4.78 is 27.1. The Kier molecular flexibility index (Phi) is 5.84. The zero-order valence-electron chi connectivity index (χ0n) is 18.3. The summed E-state index contributed by atoms with van der Waals surface area (Å²) >= 11 is 0. The van der Waals surface area contributed by atoms with Crippen LogP contribution in [0.2, 0.25) is 0 Å². The lowest BCUT2D eigenvalue weighted by Gasteiger charge is -2.32. The SMILES string of the molecule is O=C(NCC1CC1)[C@]12CCCN(Cc3ccc(F)c(F)c3)C[C@H]1CN(c1ccccn1)C2. The smallest absolute Gasteiger partial charge is 0.228 e. The fraction of sp³-hybridized carbons (Fsp3) is 0.520. The van der Waals surface area contributed by atoms with Crippen LogP contribution >= 0.6 is 0 Å². The first-order chi connectivity index (χ1) is 15.5. The zero-order chi connectivity index (χ0) is 22.1. The summed E-state index contributed by atoms with van der Waals surface area (Å²) in [5, 5.41) is 3.26. The summed E-state index contributed by atoms with van der Waals surface area (Å²) in [4.78, 5) is 22.6. The van der Waals surface area contributed by atoms with Crippen LogP contribution < -0.4 is 10.2 Å². The standard InChI is InChI=1S/C25H30F2N4O/c26-21-8-7-19(12-22(21)27)14-30-11-3-9-25(24(32)29-13-18-5-6-18)17-31(16-20(25)15-30)23-4-1-2-10-28-23/h1-2,4,7-8,10,12,18,20H,3,5-6,9,11,13-17H2,(H,29,32)/t20-,25-/m0/s1. The molecule has 3 heterocycles. The van der Waals surface area contributed by atoms with Gasteiger partial charge in [-0.15, -0.1) is 0 Å². The van der Waals surface area contributed by atoms with Gasteiger partial charge in [-0.2, -0.15) is 0 Å². The lowest BCUT2D eigenvalue weighted by Crippen LogP contribution is -2.48. The minimum atomic E-state index is -0.822. The van der Waals surface area contributed by atoms with E-state index < -0.39 is 17.0 Å². The van der Waals surface area contributed by atoms with Gasteiger partial charge in [0.25, 0.3) is 0 Å². The van der Waals surface area contributed by atoms with Crippen LogP contribution in [0.4, 0.5) is 14.6 Å². The number of pyridine rings is 1. The maximum absolute atomic E-state index is 13.7. The Bertz CT molecular complexity index is 968. The number of aromatic nitrogens is 1. The van der Waals surface area contributed by atoms with Gasteiger partial charge in [0.15, 0.2) is 11.6 Å². The van der Waals surface area contributed by atoms with E-state index in [0.29, 0.717) is 19.0 Å². The van der Waals surface area contributed by atoms with Crippen LogP contribution in [-0.2, 0) is 11.3 Å². The fourth-order valence-electron chi connectivity index (χ4n) is 5.37. The number of fused-ring (bicyclic) bond motifs is 1. The monoisotopic (exact) mass is 440 g/mol. The lowest BCUT2D eigenvalue weighted by atomic mass is 9.74. The third-order valence-corrected chi connectivity index (χ3v) is 7.33. The molecular weight excluding hydrogens is 410 g/mol. The molecule has 1 amide bonds. The van der Waals surface area contributed by atoms with Crippen molar-refractivity contribution in [3.8, 4) is 0 Å². The van der Waals surface area contributed by atoms with E-state index in [0.717, 1.165) is 50.4 Å². The molecule has 5 rings (SSSR count). The number of hydrogen-bond acceptors (Lipinski definition) is 4. The minimum absolute atomic E-state index is 0.150. The van der Waals surface area contributed by atoms with Crippen LogP contribution in [0.1, 0.15) is 31.2 Å². The first-order valence-corrected chi connectivity index (χ1v) is 11.6. The largest absolute Gasteiger partial charge is 0.355 e. The summed E-state index contributed by atoms with van der Waals surface area (Å²) in [6.07, 6.45) is 5.93. The molecule has 1 aliphatic carbocycles. The number of anilines is 1. The maximum Gasteiger partial charge on any atom is 0.228 e. The number of carbonyl (C=O) groups excluding carboxylic acids is 1. The van der Waals surface area contributed by atoms with Crippen LogP contribution in [0.3, 0.4) is 0 Å². The van der Waals surface area contributed by atoms with E-state index in [9.17, 15) is 13.6 Å². The van der Waals surface area contributed by atoms with E-state index in [1.807, 2.05) is 18.2 Å². The van der Waals surface area contributed by atoms with E-state index in [-0.39, 0.29) is 11.8 Å². The van der Waals surface area contributed by atoms with Gasteiger partial charge in [-0.25, -0.2) is 13.8 Å². The van der Waals surface area contributed by atoms with Gasteiger partial charge in [-0.1, -0.05) is 12.1 Å². The Balaban J connectivity index is 1.37. The van der Waals surface area contributed by atoms with Gasteiger partial charge >= 0.3 is 0 Å². The highest BCUT2D eigenvalue weighted by molar-refractivity contribution is 5.84. The lowest BCUT2D eigenvalue weighted by molar-refractivity contribution is -0.132. The summed E-state index contributed by atoms with van der Waals surface area (Å²) in [5.74, 6) is 0.227. The number of halogens is 2. The summed E-state index contributed by atoms with van der Waals surface area (Å²) in [7, 11) is 0. The average Bonchev–Trinajstić information content (AvgIpc) is 3.58. The molecule has 3 fully saturated rings. The highest BCUT2D eigenvalue weighted by Crippen LogP contribution is 2.44. The van der Waals surface area contributed by atoms with Gasteiger partial charge in [-0.05, 0) is 68.0 Å². The molecule has 3 aliphatic rings. The second-order valence-electron chi connectivity index (χ2n) is 9.66. The summed E-state index contributed by atoms with van der Waals surface area (Å²) in [6.45, 7) is 4.36. The third kappa shape index (κ3) is 4.35. The topological polar surface area (TPSA) is 48.5 Å².